The Labute approximate surface area is 182 Å². The second kappa shape index (κ2) is 14.6. The highest BCUT2D eigenvalue weighted by Crippen LogP contribution is 2.24. The van der Waals surface area contributed by atoms with Crippen molar-refractivity contribution in [2.24, 2.45) is 5.16 Å². The molecule has 0 bridgehead atoms. The van der Waals surface area contributed by atoms with Crippen molar-refractivity contribution < 1.29 is 29.4 Å². The number of carbonyl (C=O) groups is 2. The van der Waals surface area contributed by atoms with Crippen LogP contribution in [-0.2, 0) is 20.8 Å². The summed E-state index contributed by atoms with van der Waals surface area (Å²) in [5.74, 6) is -1.18. The summed E-state index contributed by atoms with van der Waals surface area (Å²) in [4.78, 5) is 28.8. The molecule has 0 aliphatic heterocycles. The maximum atomic E-state index is 12.7. The van der Waals surface area contributed by atoms with E-state index >= 15 is 0 Å². The summed E-state index contributed by atoms with van der Waals surface area (Å²) >= 11 is 0. The molecule has 0 saturated heterocycles. The molecule has 8 nitrogen and oxygen atoms in total. The minimum Gasteiger partial charge on any atom is -0.507 e. The van der Waals surface area contributed by atoms with Crippen LogP contribution in [0, 0.1) is 0 Å². The summed E-state index contributed by atoms with van der Waals surface area (Å²) in [6, 6.07) is 4.87. The third-order valence-electron chi connectivity index (χ3n) is 4.03. The first kappa shape index (κ1) is 25.6. The van der Waals surface area contributed by atoms with Crippen molar-refractivity contribution in [3.8, 4) is 5.75 Å². The van der Waals surface area contributed by atoms with Crippen molar-refractivity contribution in [3.05, 3.63) is 65.4 Å². The number of nitrogens with one attached hydrogen (secondary N) is 1. The minimum absolute atomic E-state index is 0.114. The molecule has 1 amide bonds. The zero-order chi connectivity index (χ0) is 23.1. The molecule has 1 aromatic carbocycles. The van der Waals surface area contributed by atoms with Gasteiger partial charge in [0.1, 0.15) is 24.5 Å². The van der Waals surface area contributed by atoms with Gasteiger partial charge in [0.25, 0.3) is 0 Å². The van der Waals surface area contributed by atoms with Gasteiger partial charge in [-0.05, 0) is 38.0 Å². The lowest BCUT2D eigenvalue weighted by Crippen LogP contribution is -2.21. The molecule has 31 heavy (non-hydrogen) atoms. The molecule has 1 rings (SSSR count). The van der Waals surface area contributed by atoms with E-state index in [-0.39, 0.29) is 36.7 Å². The number of oxime groups is 1. The van der Waals surface area contributed by atoms with E-state index in [1.54, 1.807) is 18.2 Å². The van der Waals surface area contributed by atoms with Crippen LogP contribution in [0.3, 0.4) is 0 Å². The first-order chi connectivity index (χ1) is 14.9. The Balaban J connectivity index is 2.76. The van der Waals surface area contributed by atoms with Gasteiger partial charge in [0.15, 0.2) is 0 Å². The van der Waals surface area contributed by atoms with Crippen molar-refractivity contribution >= 4 is 18.1 Å². The average Bonchev–Trinajstić information content (AvgIpc) is 2.72. The molecule has 3 N–H and O–H groups in total. The quantitative estimate of drug-likeness (QED) is 0.154. The van der Waals surface area contributed by atoms with Gasteiger partial charge < -0.3 is 25.1 Å². The number of esters is 1. The number of benzene rings is 1. The number of aliphatic hydroxyl groups excluding tert-OH is 1. The number of hydrogen-bond acceptors (Lipinski definition) is 7. The first-order valence-corrected chi connectivity index (χ1v) is 9.83. The minimum atomic E-state index is -0.661. The van der Waals surface area contributed by atoms with Gasteiger partial charge in [0.2, 0.25) is 5.91 Å². The highest BCUT2D eigenvalue weighted by molar-refractivity contribution is 5.94. The molecule has 0 radical (unpaired) electrons. The molecule has 0 fully saturated rings. The zero-order valence-corrected chi connectivity index (χ0v) is 18.1. The Bertz CT molecular complexity index is 838. The average molecular weight is 431 g/mol. The summed E-state index contributed by atoms with van der Waals surface area (Å²) in [5, 5.41) is 25.5. The molecule has 0 unspecified atom stereocenters. The van der Waals surface area contributed by atoms with Crippen LogP contribution in [-0.4, -0.2) is 48.1 Å². The molecule has 0 aliphatic carbocycles. The van der Waals surface area contributed by atoms with Crippen molar-refractivity contribution in [3.63, 3.8) is 0 Å². The third-order valence-corrected chi connectivity index (χ3v) is 4.03. The molecular formula is C23H30N2O6. The van der Waals surface area contributed by atoms with Gasteiger partial charge >= 0.3 is 5.97 Å². The number of ether oxygens (including phenoxy) is 1. The molecule has 8 heteroatoms. The number of allylic oxidation sites excluding steroid dienone is 3. The van der Waals surface area contributed by atoms with Crippen molar-refractivity contribution in [1.82, 2.24) is 5.32 Å². The fourth-order valence-corrected chi connectivity index (χ4v) is 2.52. The Morgan fingerprint density at radius 1 is 1.29 bits per heavy atom. The molecule has 0 aromatic heterocycles. The summed E-state index contributed by atoms with van der Waals surface area (Å²) in [6.07, 6.45) is 9.38. The summed E-state index contributed by atoms with van der Waals surface area (Å²) in [6.45, 7) is 3.73. The monoisotopic (exact) mass is 430 g/mol. The summed E-state index contributed by atoms with van der Waals surface area (Å²) < 4.78 is 5.52. The predicted molar refractivity (Wildman–Crippen MR) is 119 cm³/mol. The van der Waals surface area contributed by atoms with Gasteiger partial charge in [0.05, 0.1) is 6.21 Å². The number of phenols is 1. The van der Waals surface area contributed by atoms with E-state index in [0.29, 0.717) is 12.0 Å². The third kappa shape index (κ3) is 10.3. The van der Waals surface area contributed by atoms with Gasteiger partial charge in [-0.15, -0.1) is 0 Å². The molecule has 0 saturated carbocycles. The van der Waals surface area contributed by atoms with E-state index in [1.165, 1.54) is 37.7 Å². The number of hydrogen-bond donors (Lipinski definition) is 3. The second-order valence-corrected chi connectivity index (χ2v) is 6.78. The van der Waals surface area contributed by atoms with Crippen LogP contribution < -0.4 is 5.32 Å². The van der Waals surface area contributed by atoms with Crippen LogP contribution in [0.25, 0.3) is 0 Å². The maximum Gasteiger partial charge on any atom is 0.342 e. The van der Waals surface area contributed by atoms with E-state index < -0.39 is 12.1 Å². The fraction of sp³-hybridized carbons (Fsp3) is 0.348. The van der Waals surface area contributed by atoms with Gasteiger partial charge in [-0.2, -0.15) is 0 Å². The molecule has 168 valence electrons. The van der Waals surface area contributed by atoms with Crippen LogP contribution in [0.15, 0.2) is 59.4 Å². The SMILES string of the molecule is CO/N=C/C=C/C(=O)N/C=C/C[C@@H](CCO)OC(=O)c1c(O)cccc1CC=C(C)C. The lowest BCUT2D eigenvalue weighted by atomic mass is 10.0. The topological polar surface area (TPSA) is 117 Å². The Hall–Kier alpha value is -3.39. The lowest BCUT2D eigenvalue weighted by molar-refractivity contribution is -0.115. The van der Waals surface area contributed by atoms with Crippen LogP contribution in [0.4, 0.5) is 0 Å². The number of nitrogens with zero attached hydrogens (tertiary/aromatic N) is 1. The maximum absolute atomic E-state index is 12.7. The highest BCUT2D eigenvalue weighted by Gasteiger charge is 2.20. The van der Waals surface area contributed by atoms with Crippen LogP contribution in [0.2, 0.25) is 0 Å². The van der Waals surface area contributed by atoms with E-state index in [9.17, 15) is 19.8 Å². The van der Waals surface area contributed by atoms with E-state index in [4.69, 9.17) is 4.74 Å². The number of aliphatic hydroxyl groups is 1. The van der Waals surface area contributed by atoms with Crippen molar-refractivity contribution in [2.75, 3.05) is 13.7 Å². The van der Waals surface area contributed by atoms with Gasteiger partial charge in [-0.25, -0.2) is 4.79 Å². The van der Waals surface area contributed by atoms with Crippen LogP contribution >= 0.6 is 0 Å². The van der Waals surface area contributed by atoms with Crippen molar-refractivity contribution in [1.29, 1.82) is 0 Å². The Morgan fingerprint density at radius 3 is 2.74 bits per heavy atom. The van der Waals surface area contributed by atoms with Crippen LogP contribution in [0.5, 0.6) is 5.75 Å². The lowest BCUT2D eigenvalue weighted by Gasteiger charge is -2.17. The fourth-order valence-electron chi connectivity index (χ4n) is 2.52. The molecule has 1 atom stereocenters. The number of rotatable bonds is 12. The molecular weight excluding hydrogens is 400 g/mol. The number of aromatic hydroxyl groups is 1. The van der Waals surface area contributed by atoms with Gasteiger partial charge in [-0.1, -0.05) is 35.0 Å². The first-order valence-electron chi connectivity index (χ1n) is 9.83. The molecule has 0 aliphatic rings. The predicted octanol–water partition coefficient (Wildman–Crippen LogP) is 3.02. The zero-order valence-electron chi connectivity index (χ0n) is 18.1. The second-order valence-electron chi connectivity index (χ2n) is 6.78. The molecule has 0 spiro atoms. The Kier molecular flexibility index (Phi) is 12.1. The number of phenolic OH excluding ortho intramolecular Hbond substituents is 1. The van der Waals surface area contributed by atoms with Gasteiger partial charge in [0, 0.05) is 31.7 Å². The van der Waals surface area contributed by atoms with Crippen LogP contribution in [0.1, 0.15) is 42.6 Å². The summed E-state index contributed by atoms with van der Waals surface area (Å²) in [7, 11) is 1.39. The highest BCUT2D eigenvalue weighted by atomic mass is 16.6. The molecule has 0 heterocycles. The molecule has 1 aromatic rings. The normalized spacial score (nSPS) is 12.3. The van der Waals surface area contributed by atoms with E-state index in [1.807, 2.05) is 19.9 Å². The van der Waals surface area contributed by atoms with E-state index in [2.05, 4.69) is 15.3 Å². The largest absolute Gasteiger partial charge is 0.507 e. The smallest absolute Gasteiger partial charge is 0.342 e. The number of amides is 1. The van der Waals surface area contributed by atoms with Crippen molar-refractivity contribution in [2.45, 2.75) is 39.2 Å². The summed E-state index contributed by atoms with van der Waals surface area (Å²) in [5.41, 5.74) is 1.86. The number of carbonyl (C=O) groups excluding carboxylic acids is 2. The van der Waals surface area contributed by atoms with Gasteiger partial charge in [-0.3, -0.25) is 4.79 Å². The standard InChI is InChI=1S/C23H30N2O6/c1-17(2)11-12-18-7-4-9-20(27)22(18)23(29)31-19(13-16-26)8-5-14-24-21(28)10-6-15-25-30-3/h4-7,9-11,14-15,19,26-27H,8,12-13,16H2,1-3H3,(H,24,28)/b10-6+,14-5+,25-15+/t19-/m0/s1. The Morgan fingerprint density at radius 2 is 2.06 bits per heavy atom. The van der Waals surface area contributed by atoms with E-state index in [0.717, 1.165) is 5.57 Å².